The minimum absolute atomic E-state index is 0.466. The molecule has 0 fully saturated rings. The largest absolute Gasteiger partial charge is 0.326 e. The van der Waals surface area contributed by atoms with Crippen LogP contribution in [-0.4, -0.2) is 9.78 Å². The Bertz CT molecular complexity index is 546. The first-order chi connectivity index (χ1) is 8.65. The van der Waals surface area contributed by atoms with E-state index in [-0.39, 0.29) is 0 Å². The predicted octanol–water partition coefficient (Wildman–Crippen LogP) is 3.15. The number of rotatable bonds is 4. The van der Waals surface area contributed by atoms with Gasteiger partial charge in [-0.3, -0.25) is 4.68 Å². The Balaban J connectivity index is 2.44. The highest BCUT2D eigenvalue weighted by atomic mass is 35.5. The van der Waals surface area contributed by atoms with Gasteiger partial charge in [0.2, 0.25) is 0 Å². The number of nitrogens with two attached hydrogens (primary N) is 1. The minimum Gasteiger partial charge on any atom is -0.326 e. The molecule has 0 saturated heterocycles. The predicted molar refractivity (Wildman–Crippen MR) is 75.5 cm³/mol. The van der Waals surface area contributed by atoms with Gasteiger partial charge in [-0.1, -0.05) is 37.1 Å². The molecule has 1 heterocycles. The van der Waals surface area contributed by atoms with Gasteiger partial charge >= 0.3 is 0 Å². The molecular weight excluding hydrogens is 246 g/mol. The SMILES string of the molecule is CCCc1nn(C)cc1-c1ccc(CN)c(Cl)c1. The second-order valence-electron chi connectivity index (χ2n) is 4.42. The Morgan fingerprint density at radius 1 is 1.39 bits per heavy atom. The summed E-state index contributed by atoms with van der Waals surface area (Å²) < 4.78 is 1.85. The van der Waals surface area contributed by atoms with Gasteiger partial charge in [-0.15, -0.1) is 0 Å². The number of hydrogen-bond donors (Lipinski definition) is 1. The van der Waals surface area contributed by atoms with Crippen molar-refractivity contribution in [3.05, 3.63) is 40.7 Å². The van der Waals surface area contributed by atoms with Crippen LogP contribution >= 0.6 is 11.6 Å². The van der Waals surface area contributed by atoms with Crippen LogP contribution in [-0.2, 0) is 20.0 Å². The second kappa shape index (κ2) is 5.55. The third kappa shape index (κ3) is 2.57. The molecule has 2 N–H and O–H groups in total. The van der Waals surface area contributed by atoms with Crippen molar-refractivity contribution in [2.24, 2.45) is 12.8 Å². The number of nitrogens with zero attached hydrogens (tertiary/aromatic N) is 2. The van der Waals surface area contributed by atoms with Crippen molar-refractivity contribution < 1.29 is 0 Å². The fraction of sp³-hybridized carbons (Fsp3) is 0.357. The highest BCUT2D eigenvalue weighted by Gasteiger charge is 2.10. The Morgan fingerprint density at radius 2 is 2.17 bits per heavy atom. The Hall–Kier alpha value is -1.32. The highest BCUT2D eigenvalue weighted by molar-refractivity contribution is 6.31. The van der Waals surface area contributed by atoms with E-state index in [0.717, 1.165) is 40.2 Å². The molecule has 1 aromatic heterocycles. The molecule has 0 radical (unpaired) electrons. The van der Waals surface area contributed by atoms with Crippen molar-refractivity contribution in [3.8, 4) is 11.1 Å². The molecule has 0 amide bonds. The Kier molecular flexibility index (Phi) is 4.04. The minimum atomic E-state index is 0.466. The number of benzene rings is 1. The quantitative estimate of drug-likeness (QED) is 0.921. The maximum absolute atomic E-state index is 6.21. The van der Waals surface area contributed by atoms with Crippen LogP contribution in [0, 0.1) is 0 Å². The van der Waals surface area contributed by atoms with E-state index in [0.29, 0.717) is 6.54 Å². The van der Waals surface area contributed by atoms with Gasteiger partial charge in [0.15, 0.2) is 0 Å². The third-order valence-electron chi connectivity index (χ3n) is 2.98. The molecule has 0 unspecified atom stereocenters. The molecule has 96 valence electrons. The van der Waals surface area contributed by atoms with E-state index in [2.05, 4.69) is 18.1 Å². The lowest BCUT2D eigenvalue weighted by atomic mass is 10.0. The van der Waals surface area contributed by atoms with Crippen LogP contribution in [0.5, 0.6) is 0 Å². The molecule has 2 rings (SSSR count). The van der Waals surface area contributed by atoms with Crippen LogP contribution in [0.1, 0.15) is 24.6 Å². The molecule has 18 heavy (non-hydrogen) atoms. The summed E-state index contributed by atoms with van der Waals surface area (Å²) in [7, 11) is 1.94. The summed E-state index contributed by atoms with van der Waals surface area (Å²) in [6, 6.07) is 6.02. The van der Waals surface area contributed by atoms with Crippen molar-refractivity contribution in [1.82, 2.24) is 9.78 Å². The summed E-state index contributed by atoms with van der Waals surface area (Å²) in [5, 5.41) is 5.22. The number of hydrogen-bond acceptors (Lipinski definition) is 2. The van der Waals surface area contributed by atoms with Gasteiger partial charge in [-0.25, -0.2) is 0 Å². The Labute approximate surface area is 113 Å². The molecule has 2 aromatic rings. The molecule has 4 heteroatoms. The number of aryl methyl sites for hydroxylation is 2. The van der Waals surface area contributed by atoms with Gasteiger partial charge in [-0.05, 0) is 23.6 Å². The monoisotopic (exact) mass is 263 g/mol. The molecule has 0 atom stereocenters. The molecule has 1 aromatic carbocycles. The molecular formula is C14H18ClN3. The van der Waals surface area contributed by atoms with Crippen molar-refractivity contribution >= 4 is 11.6 Å². The van der Waals surface area contributed by atoms with E-state index in [4.69, 9.17) is 17.3 Å². The van der Waals surface area contributed by atoms with Gasteiger partial charge in [0.05, 0.1) is 5.69 Å². The zero-order valence-electron chi connectivity index (χ0n) is 10.8. The van der Waals surface area contributed by atoms with Crippen LogP contribution in [0.2, 0.25) is 5.02 Å². The average Bonchev–Trinajstić information content (AvgIpc) is 2.71. The van der Waals surface area contributed by atoms with Gasteiger partial charge in [0, 0.05) is 30.4 Å². The van der Waals surface area contributed by atoms with Crippen LogP contribution in [0.3, 0.4) is 0 Å². The third-order valence-corrected chi connectivity index (χ3v) is 3.33. The maximum Gasteiger partial charge on any atom is 0.0702 e. The zero-order chi connectivity index (χ0) is 13.1. The molecule has 3 nitrogen and oxygen atoms in total. The summed E-state index contributed by atoms with van der Waals surface area (Å²) in [6.07, 6.45) is 4.10. The summed E-state index contributed by atoms with van der Waals surface area (Å²) in [5.74, 6) is 0. The smallest absolute Gasteiger partial charge is 0.0702 e. The van der Waals surface area contributed by atoms with Gasteiger partial charge < -0.3 is 5.73 Å². The molecule has 0 aliphatic heterocycles. The molecule has 0 saturated carbocycles. The first kappa shape index (κ1) is 13.1. The first-order valence-corrected chi connectivity index (χ1v) is 6.55. The standard InChI is InChI=1S/C14H18ClN3/c1-3-4-14-12(9-18(2)17-14)10-5-6-11(8-16)13(15)7-10/h5-7,9H,3-4,8,16H2,1-2H3. The maximum atomic E-state index is 6.21. The lowest BCUT2D eigenvalue weighted by molar-refractivity contribution is 0.733. The number of halogens is 1. The molecule has 0 spiro atoms. The van der Waals surface area contributed by atoms with E-state index < -0.39 is 0 Å². The summed E-state index contributed by atoms with van der Waals surface area (Å²) in [4.78, 5) is 0. The van der Waals surface area contributed by atoms with E-state index in [1.807, 2.05) is 30.1 Å². The van der Waals surface area contributed by atoms with Crippen molar-refractivity contribution in [2.45, 2.75) is 26.3 Å². The Morgan fingerprint density at radius 3 is 2.78 bits per heavy atom. The van der Waals surface area contributed by atoms with Crippen LogP contribution < -0.4 is 5.73 Å². The van der Waals surface area contributed by atoms with Crippen molar-refractivity contribution in [2.75, 3.05) is 0 Å². The highest BCUT2D eigenvalue weighted by Crippen LogP contribution is 2.28. The summed E-state index contributed by atoms with van der Waals surface area (Å²) >= 11 is 6.21. The van der Waals surface area contributed by atoms with Crippen LogP contribution in [0.4, 0.5) is 0 Å². The topological polar surface area (TPSA) is 43.8 Å². The van der Waals surface area contributed by atoms with Gasteiger partial charge in [0.1, 0.15) is 0 Å². The zero-order valence-corrected chi connectivity index (χ0v) is 11.5. The van der Waals surface area contributed by atoms with Crippen molar-refractivity contribution in [3.63, 3.8) is 0 Å². The molecule has 0 aliphatic carbocycles. The van der Waals surface area contributed by atoms with E-state index >= 15 is 0 Å². The average molecular weight is 264 g/mol. The van der Waals surface area contributed by atoms with Gasteiger partial charge in [0.25, 0.3) is 0 Å². The summed E-state index contributed by atoms with van der Waals surface area (Å²) in [5.41, 5.74) is 9.98. The fourth-order valence-corrected chi connectivity index (χ4v) is 2.34. The van der Waals surface area contributed by atoms with Crippen LogP contribution in [0.15, 0.2) is 24.4 Å². The number of aromatic nitrogens is 2. The lowest BCUT2D eigenvalue weighted by Crippen LogP contribution is -1.97. The normalized spacial score (nSPS) is 10.9. The summed E-state index contributed by atoms with van der Waals surface area (Å²) in [6.45, 7) is 2.62. The van der Waals surface area contributed by atoms with E-state index in [9.17, 15) is 0 Å². The molecule has 0 aliphatic rings. The lowest BCUT2D eigenvalue weighted by Gasteiger charge is -2.05. The molecule has 0 bridgehead atoms. The van der Waals surface area contributed by atoms with E-state index in [1.165, 1.54) is 0 Å². The van der Waals surface area contributed by atoms with Crippen LogP contribution in [0.25, 0.3) is 11.1 Å². The van der Waals surface area contributed by atoms with Crippen molar-refractivity contribution in [1.29, 1.82) is 0 Å². The first-order valence-electron chi connectivity index (χ1n) is 6.17. The van der Waals surface area contributed by atoms with E-state index in [1.54, 1.807) is 0 Å². The van der Waals surface area contributed by atoms with Gasteiger partial charge in [-0.2, -0.15) is 5.10 Å². The second-order valence-corrected chi connectivity index (χ2v) is 4.83. The fourth-order valence-electron chi connectivity index (χ4n) is 2.08.